The van der Waals surface area contributed by atoms with Crippen LogP contribution in [-0.4, -0.2) is 31.2 Å². The Morgan fingerprint density at radius 3 is 2.54 bits per heavy atom. The van der Waals surface area contributed by atoms with Crippen molar-refractivity contribution >= 4 is 5.91 Å². The smallest absolute Gasteiger partial charge is 0.239 e. The Kier molecular flexibility index (Phi) is 4.95. The Morgan fingerprint density at radius 2 is 2.23 bits per heavy atom. The number of nitrogens with two attached hydrogens (primary N) is 1. The highest BCUT2D eigenvalue weighted by molar-refractivity contribution is 5.84. The molecule has 2 unspecified atom stereocenters. The summed E-state index contributed by atoms with van der Waals surface area (Å²) in [5.41, 5.74) is 4.52. The lowest BCUT2D eigenvalue weighted by atomic mass is 10.0. The van der Waals surface area contributed by atoms with E-state index in [9.17, 15) is 4.79 Å². The molecule has 0 spiro atoms. The molecule has 1 amide bonds. The zero-order valence-corrected chi connectivity index (χ0v) is 8.89. The quantitative estimate of drug-likeness (QED) is 0.628. The number of nitrogens with one attached hydrogen (secondary N) is 1. The molecule has 0 aliphatic carbocycles. The van der Waals surface area contributed by atoms with E-state index < -0.39 is 5.54 Å². The molecule has 0 aromatic rings. The van der Waals surface area contributed by atoms with E-state index in [0.717, 1.165) is 6.42 Å². The van der Waals surface area contributed by atoms with Gasteiger partial charge in [0.1, 0.15) is 5.54 Å². The van der Waals surface area contributed by atoms with Crippen LogP contribution < -0.4 is 11.1 Å². The third kappa shape index (κ3) is 3.74. The summed E-state index contributed by atoms with van der Waals surface area (Å²) in [7, 11) is 1.56. The van der Waals surface area contributed by atoms with E-state index in [0.29, 0.717) is 6.61 Å². The van der Waals surface area contributed by atoms with E-state index in [4.69, 9.17) is 10.5 Å². The number of primary amides is 1. The van der Waals surface area contributed by atoms with Gasteiger partial charge < -0.3 is 10.5 Å². The predicted molar refractivity (Wildman–Crippen MR) is 52.4 cm³/mol. The van der Waals surface area contributed by atoms with Gasteiger partial charge in [-0.05, 0) is 20.3 Å². The molecule has 0 heterocycles. The lowest BCUT2D eigenvalue weighted by molar-refractivity contribution is -0.126. The van der Waals surface area contributed by atoms with Gasteiger partial charge in [-0.15, -0.1) is 0 Å². The molecule has 78 valence electrons. The number of hydrogen-bond donors (Lipinski definition) is 2. The number of carbonyl (C=O) groups is 1. The first-order chi connectivity index (χ1) is 5.96. The van der Waals surface area contributed by atoms with Gasteiger partial charge in [0.15, 0.2) is 0 Å². The molecular formula is C9H20N2O2. The molecule has 0 saturated heterocycles. The Hall–Kier alpha value is -0.610. The first kappa shape index (κ1) is 12.4. The number of amides is 1. The summed E-state index contributed by atoms with van der Waals surface area (Å²) >= 11 is 0. The van der Waals surface area contributed by atoms with E-state index in [1.165, 1.54) is 0 Å². The van der Waals surface area contributed by atoms with Crippen LogP contribution in [0.5, 0.6) is 0 Å². The summed E-state index contributed by atoms with van der Waals surface area (Å²) < 4.78 is 4.95. The lowest BCUT2D eigenvalue weighted by Crippen LogP contribution is -2.58. The number of rotatable bonds is 6. The van der Waals surface area contributed by atoms with E-state index in [-0.39, 0.29) is 11.9 Å². The van der Waals surface area contributed by atoms with Gasteiger partial charge in [0.05, 0.1) is 6.61 Å². The second-order valence-corrected chi connectivity index (χ2v) is 3.58. The van der Waals surface area contributed by atoms with Crippen LogP contribution in [0.25, 0.3) is 0 Å². The normalized spacial score (nSPS) is 17.8. The summed E-state index contributed by atoms with van der Waals surface area (Å²) in [6, 6.07) is 0.257. The van der Waals surface area contributed by atoms with Crippen molar-refractivity contribution < 1.29 is 9.53 Å². The maximum atomic E-state index is 11.1. The molecule has 0 fully saturated rings. The third-order valence-corrected chi connectivity index (χ3v) is 2.15. The minimum absolute atomic E-state index is 0.257. The fraction of sp³-hybridized carbons (Fsp3) is 0.889. The molecule has 4 nitrogen and oxygen atoms in total. The van der Waals surface area contributed by atoms with Crippen molar-refractivity contribution in [1.82, 2.24) is 5.32 Å². The molecule has 0 rings (SSSR count). The first-order valence-electron chi connectivity index (χ1n) is 4.52. The Labute approximate surface area is 79.8 Å². The number of hydrogen-bond acceptors (Lipinski definition) is 3. The van der Waals surface area contributed by atoms with Crippen molar-refractivity contribution in [2.75, 3.05) is 13.7 Å². The topological polar surface area (TPSA) is 64.3 Å². The fourth-order valence-electron chi connectivity index (χ4n) is 1.12. The Balaban J connectivity index is 4.32. The van der Waals surface area contributed by atoms with Crippen molar-refractivity contribution in [1.29, 1.82) is 0 Å². The van der Waals surface area contributed by atoms with Crippen LogP contribution in [0.15, 0.2) is 0 Å². The highest BCUT2D eigenvalue weighted by Crippen LogP contribution is 2.06. The van der Waals surface area contributed by atoms with Gasteiger partial charge in [0, 0.05) is 13.2 Å². The first-order valence-corrected chi connectivity index (χ1v) is 4.52. The highest BCUT2D eigenvalue weighted by Gasteiger charge is 2.31. The van der Waals surface area contributed by atoms with Gasteiger partial charge in [0.2, 0.25) is 5.91 Å². The maximum absolute atomic E-state index is 11.1. The molecule has 0 aliphatic rings. The monoisotopic (exact) mass is 188 g/mol. The van der Waals surface area contributed by atoms with Crippen LogP contribution in [0.3, 0.4) is 0 Å². The van der Waals surface area contributed by atoms with Crippen LogP contribution >= 0.6 is 0 Å². The molecule has 0 aliphatic heterocycles. The summed E-state index contributed by atoms with van der Waals surface area (Å²) in [4.78, 5) is 11.1. The largest absolute Gasteiger partial charge is 0.382 e. The van der Waals surface area contributed by atoms with Gasteiger partial charge >= 0.3 is 0 Å². The third-order valence-electron chi connectivity index (χ3n) is 2.15. The van der Waals surface area contributed by atoms with Crippen LogP contribution in [0.2, 0.25) is 0 Å². The molecular weight excluding hydrogens is 168 g/mol. The van der Waals surface area contributed by atoms with Gasteiger partial charge in [-0.3, -0.25) is 10.1 Å². The summed E-state index contributed by atoms with van der Waals surface area (Å²) in [5.74, 6) is -0.380. The summed E-state index contributed by atoms with van der Waals surface area (Å²) in [5, 5.41) is 3.14. The molecule has 0 saturated carbocycles. The average molecular weight is 188 g/mol. The molecule has 4 heteroatoms. The average Bonchev–Trinajstić information content (AvgIpc) is 2.04. The van der Waals surface area contributed by atoms with Crippen molar-refractivity contribution in [3.63, 3.8) is 0 Å². The molecule has 2 atom stereocenters. The van der Waals surface area contributed by atoms with Crippen molar-refractivity contribution in [2.24, 2.45) is 5.73 Å². The lowest BCUT2D eigenvalue weighted by Gasteiger charge is -2.29. The molecule has 0 aromatic heterocycles. The SMILES string of the molecule is CCC(C)NC(C)(COC)C(N)=O. The van der Waals surface area contributed by atoms with Gasteiger partial charge in [-0.1, -0.05) is 6.92 Å². The van der Waals surface area contributed by atoms with Crippen molar-refractivity contribution in [3.05, 3.63) is 0 Å². The minimum Gasteiger partial charge on any atom is -0.382 e. The van der Waals surface area contributed by atoms with Gasteiger partial charge in [-0.2, -0.15) is 0 Å². The summed E-state index contributed by atoms with van der Waals surface area (Å²) in [6.07, 6.45) is 0.951. The van der Waals surface area contributed by atoms with Gasteiger partial charge in [0.25, 0.3) is 0 Å². The predicted octanol–water partition coefficient (Wildman–Crippen LogP) is 0.265. The zero-order chi connectivity index (χ0) is 10.5. The fourth-order valence-corrected chi connectivity index (χ4v) is 1.12. The number of carbonyl (C=O) groups excluding carboxylic acids is 1. The molecule has 13 heavy (non-hydrogen) atoms. The summed E-state index contributed by atoms with van der Waals surface area (Å²) in [6.45, 7) is 6.11. The minimum atomic E-state index is -0.760. The van der Waals surface area contributed by atoms with E-state index in [2.05, 4.69) is 5.32 Å². The van der Waals surface area contributed by atoms with E-state index in [1.807, 2.05) is 13.8 Å². The zero-order valence-electron chi connectivity index (χ0n) is 8.89. The van der Waals surface area contributed by atoms with Crippen LogP contribution in [0, 0.1) is 0 Å². The Morgan fingerprint density at radius 1 is 1.69 bits per heavy atom. The molecule has 3 N–H and O–H groups in total. The molecule has 0 radical (unpaired) electrons. The standard InChI is InChI=1S/C9H20N2O2/c1-5-7(2)11-9(3,6-13-4)8(10)12/h7,11H,5-6H2,1-4H3,(H2,10,12). The van der Waals surface area contributed by atoms with Crippen molar-refractivity contribution in [2.45, 2.75) is 38.8 Å². The number of ether oxygens (including phenoxy) is 1. The Bertz CT molecular complexity index is 173. The van der Waals surface area contributed by atoms with Crippen LogP contribution in [0.1, 0.15) is 27.2 Å². The maximum Gasteiger partial charge on any atom is 0.239 e. The number of methoxy groups -OCH3 is 1. The van der Waals surface area contributed by atoms with Crippen LogP contribution in [-0.2, 0) is 9.53 Å². The molecule has 0 aromatic carbocycles. The van der Waals surface area contributed by atoms with E-state index >= 15 is 0 Å². The highest BCUT2D eigenvalue weighted by atomic mass is 16.5. The van der Waals surface area contributed by atoms with Crippen molar-refractivity contribution in [3.8, 4) is 0 Å². The van der Waals surface area contributed by atoms with Gasteiger partial charge in [-0.25, -0.2) is 0 Å². The van der Waals surface area contributed by atoms with E-state index in [1.54, 1.807) is 14.0 Å². The second kappa shape index (κ2) is 5.19. The van der Waals surface area contributed by atoms with Crippen LogP contribution in [0.4, 0.5) is 0 Å². The second-order valence-electron chi connectivity index (χ2n) is 3.58. The molecule has 0 bridgehead atoms.